The van der Waals surface area contributed by atoms with Gasteiger partial charge in [0.1, 0.15) is 17.9 Å². The average Bonchev–Trinajstić information content (AvgIpc) is 2.29. The van der Waals surface area contributed by atoms with Crippen LogP contribution in [0.1, 0.15) is 19.0 Å². The normalized spacial score (nSPS) is 11.6. The fraction of sp³-hybridized carbons (Fsp3) is 0.400. The van der Waals surface area contributed by atoms with Gasteiger partial charge in [-0.3, -0.25) is 0 Å². The van der Waals surface area contributed by atoms with E-state index in [1.165, 1.54) is 17.3 Å². The summed E-state index contributed by atoms with van der Waals surface area (Å²) in [7, 11) is 1.64. The van der Waals surface area contributed by atoms with Crippen LogP contribution in [0.5, 0.6) is 0 Å². The van der Waals surface area contributed by atoms with Crippen molar-refractivity contribution in [3.05, 3.63) is 18.1 Å². The van der Waals surface area contributed by atoms with Gasteiger partial charge in [0.15, 0.2) is 5.69 Å². The Bertz CT molecular complexity index is 410. The Morgan fingerprint density at radius 1 is 1.62 bits per heavy atom. The minimum Gasteiger partial charge on any atom is -0.480 e. The van der Waals surface area contributed by atoms with Gasteiger partial charge in [0.05, 0.1) is 12.4 Å². The average molecular weight is 220 g/mol. The number of hydrogen-bond acceptors (Lipinski definition) is 5. The van der Waals surface area contributed by atoms with Gasteiger partial charge in [-0.2, -0.15) is 5.26 Å². The Balaban J connectivity index is 2.91. The number of carboxylic acids is 1. The third-order valence-electron chi connectivity index (χ3n) is 2.25. The first kappa shape index (κ1) is 11.9. The SMILES string of the molecule is CCC(C(=O)O)N(C)c1cnc(C#N)cn1. The molecule has 1 rings (SSSR count). The fourth-order valence-electron chi connectivity index (χ4n) is 1.33. The molecule has 6 heteroatoms. The van der Waals surface area contributed by atoms with E-state index in [9.17, 15) is 4.79 Å². The molecule has 0 amide bonds. The van der Waals surface area contributed by atoms with Crippen LogP contribution in [0.3, 0.4) is 0 Å². The van der Waals surface area contributed by atoms with Gasteiger partial charge in [-0.05, 0) is 6.42 Å². The highest BCUT2D eigenvalue weighted by Crippen LogP contribution is 2.12. The second-order valence-corrected chi connectivity index (χ2v) is 3.24. The summed E-state index contributed by atoms with van der Waals surface area (Å²) in [6.45, 7) is 1.78. The molecule has 16 heavy (non-hydrogen) atoms. The van der Waals surface area contributed by atoms with Crippen LogP contribution in [0.25, 0.3) is 0 Å². The standard InChI is InChI=1S/C10H12N4O2/c1-3-8(10(15)16)14(2)9-6-12-7(4-11)5-13-9/h5-6,8H,3H2,1-2H3,(H,15,16). The lowest BCUT2D eigenvalue weighted by Gasteiger charge is -2.24. The van der Waals surface area contributed by atoms with Crippen LogP contribution in [0.15, 0.2) is 12.4 Å². The quantitative estimate of drug-likeness (QED) is 0.801. The summed E-state index contributed by atoms with van der Waals surface area (Å²) in [4.78, 5) is 20.3. The molecule has 0 aliphatic carbocycles. The summed E-state index contributed by atoms with van der Waals surface area (Å²) in [5.41, 5.74) is 0.209. The van der Waals surface area contributed by atoms with Gasteiger partial charge in [0.2, 0.25) is 0 Å². The molecule has 1 aromatic heterocycles. The summed E-state index contributed by atoms with van der Waals surface area (Å²) in [5.74, 6) is -0.468. The van der Waals surface area contributed by atoms with Crippen LogP contribution in [0.2, 0.25) is 0 Å². The van der Waals surface area contributed by atoms with Gasteiger partial charge >= 0.3 is 5.97 Å². The van der Waals surface area contributed by atoms with Gasteiger partial charge in [-0.1, -0.05) is 6.92 Å². The van der Waals surface area contributed by atoms with Crippen LogP contribution < -0.4 is 4.90 Å². The van der Waals surface area contributed by atoms with E-state index in [2.05, 4.69) is 9.97 Å². The molecule has 1 aromatic rings. The molecular weight excluding hydrogens is 208 g/mol. The summed E-state index contributed by atoms with van der Waals surface area (Å²) in [6, 6.07) is 1.21. The molecule has 0 aliphatic rings. The molecule has 0 bridgehead atoms. The third kappa shape index (κ3) is 2.45. The summed E-state index contributed by atoms with van der Waals surface area (Å²) >= 11 is 0. The van der Waals surface area contributed by atoms with Crippen molar-refractivity contribution in [3.8, 4) is 6.07 Å². The Morgan fingerprint density at radius 3 is 2.69 bits per heavy atom. The predicted molar refractivity (Wildman–Crippen MR) is 56.9 cm³/mol. The number of aliphatic carboxylic acids is 1. The van der Waals surface area contributed by atoms with E-state index in [0.717, 1.165) is 0 Å². The van der Waals surface area contributed by atoms with Gasteiger partial charge in [0.25, 0.3) is 0 Å². The lowest BCUT2D eigenvalue weighted by Crippen LogP contribution is -2.38. The number of aromatic nitrogens is 2. The van der Waals surface area contributed by atoms with Crippen molar-refractivity contribution in [2.75, 3.05) is 11.9 Å². The number of hydrogen-bond donors (Lipinski definition) is 1. The highest BCUT2D eigenvalue weighted by Gasteiger charge is 2.21. The smallest absolute Gasteiger partial charge is 0.326 e. The van der Waals surface area contributed by atoms with Crippen molar-refractivity contribution >= 4 is 11.8 Å². The molecule has 0 radical (unpaired) electrons. The Morgan fingerprint density at radius 2 is 2.31 bits per heavy atom. The van der Waals surface area contributed by atoms with Gasteiger partial charge in [-0.25, -0.2) is 14.8 Å². The van der Waals surface area contributed by atoms with Crippen LogP contribution in [0.4, 0.5) is 5.82 Å². The van der Waals surface area contributed by atoms with Crippen molar-refractivity contribution in [2.45, 2.75) is 19.4 Å². The molecular formula is C10H12N4O2. The number of nitriles is 1. The van der Waals surface area contributed by atoms with E-state index >= 15 is 0 Å². The van der Waals surface area contributed by atoms with Crippen LogP contribution in [0, 0.1) is 11.3 Å². The van der Waals surface area contributed by atoms with Crippen molar-refractivity contribution in [1.82, 2.24) is 9.97 Å². The molecule has 0 saturated carbocycles. The number of carbonyl (C=O) groups is 1. The van der Waals surface area contributed by atoms with Crippen LogP contribution in [-0.4, -0.2) is 34.1 Å². The molecule has 1 atom stereocenters. The number of nitrogens with zero attached hydrogens (tertiary/aromatic N) is 4. The van der Waals surface area contributed by atoms with Crippen molar-refractivity contribution in [2.24, 2.45) is 0 Å². The number of rotatable bonds is 4. The Kier molecular flexibility index (Phi) is 3.78. The predicted octanol–water partition coefficient (Wildman–Crippen LogP) is 0.648. The number of anilines is 1. The topological polar surface area (TPSA) is 90.1 Å². The lowest BCUT2D eigenvalue weighted by molar-refractivity contribution is -0.138. The van der Waals surface area contributed by atoms with E-state index < -0.39 is 12.0 Å². The number of carboxylic acid groups (broad SMARTS) is 1. The first-order valence-electron chi connectivity index (χ1n) is 4.78. The minimum atomic E-state index is -0.906. The lowest BCUT2D eigenvalue weighted by atomic mass is 10.2. The van der Waals surface area contributed by atoms with Crippen LogP contribution >= 0.6 is 0 Å². The first-order valence-corrected chi connectivity index (χ1v) is 4.78. The third-order valence-corrected chi connectivity index (χ3v) is 2.25. The molecule has 0 fully saturated rings. The summed E-state index contributed by atoms with van der Waals surface area (Å²) in [6.07, 6.45) is 3.18. The van der Waals surface area contributed by atoms with E-state index in [-0.39, 0.29) is 5.69 Å². The summed E-state index contributed by atoms with van der Waals surface area (Å²) in [5, 5.41) is 17.5. The van der Waals surface area contributed by atoms with Gasteiger partial charge < -0.3 is 10.0 Å². The molecule has 0 spiro atoms. The zero-order valence-electron chi connectivity index (χ0n) is 9.08. The number of likely N-dealkylation sites (N-methyl/N-ethyl adjacent to an activating group) is 1. The molecule has 84 valence electrons. The maximum absolute atomic E-state index is 10.9. The maximum atomic E-state index is 10.9. The van der Waals surface area contributed by atoms with Crippen LogP contribution in [-0.2, 0) is 4.79 Å². The van der Waals surface area contributed by atoms with Gasteiger partial charge in [-0.15, -0.1) is 0 Å². The molecule has 1 unspecified atom stereocenters. The van der Waals surface area contributed by atoms with Crippen molar-refractivity contribution in [3.63, 3.8) is 0 Å². The molecule has 1 heterocycles. The Labute approximate surface area is 93.2 Å². The molecule has 1 N–H and O–H groups in total. The Hall–Kier alpha value is -2.16. The second-order valence-electron chi connectivity index (χ2n) is 3.24. The maximum Gasteiger partial charge on any atom is 0.326 e. The zero-order chi connectivity index (χ0) is 12.1. The molecule has 6 nitrogen and oxygen atoms in total. The van der Waals surface area contributed by atoms with Crippen molar-refractivity contribution in [1.29, 1.82) is 5.26 Å². The summed E-state index contributed by atoms with van der Waals surface area (Å²) < 4.78 is 0. The van der Waals surface area contributed by atoms with E-state index in [1.807, 2.05) is 6.07 Å². The van der Waals surface area contributed by atoms with E-state index in [1.54, 1.807) is 14.0 Å². The molecule has 0 aliphatic heterocycles. The first-order chi connectivity index (χ1) is 7.60. The van der Waals surface area contributed by atoms with E-state index in [0.29, 0.717) is 12.2 Å². The van der Waals surface area contributed by atoms with Crippen molar-refractivity contribution < 1.29 is 9.90 Å². The molecule has 0 aromatic carbocycles. The second kappa shape index (κ2) is 5.07. The largest absolute Gasteiger partial charge is 0.480 e. The highest BCUT2D eigenvalue weighted by atomic mass is 16.4. The monoisotopic (exact) mass is 220 g/mol. The molecule has 0 saturated heterocycles. The zero-order valence-corrected chi connectivity index (χ0v) is 9.08. The minimum absolute atomic E-state index is 0.209. The highest BCUT2D eigenvalue weighted by molar-refractivity contribution is 5.77. The van der Waals surface area contributed by atoms with Gasteiger partial charge in [0, 0.05) is 7.05 Å². The fourth-order valence-corrected chi connectivity index (χ4v) is 1.33. The van der Waals surface area contributed by atoms with E-state index in [4.69, 9.17) is 10.4 Å².